The highest BCUT2D eigenvalue weighted by Crippen LogP contribution is 2.23. The van der Waals surface area contributed by atoms with Crippen LogP contribution in [0.5, 0.6) is 5.75 Å². The standard InChI is InChI=1S/C16H15BrN2O4/c1-10-3-5-13(19(21)22)8-14(10)18-16(20)9-23-15-6-4-12(17)7-11(15)2/h3-8H,9H2,1-2H3,(H,18,20). The summed E-state index contributed by atoms with van der Waals surface area (Å²) in [4.78, 5) is 22.3. The number of hydrogen-bond donors (Lipinski definition) is 1. The minimum absolute atomic E-state index is 0.0735. The number of nitrogens with zero attached hydrogens (tertiary/aromatic N) is 1. The van der Waals surface area contributed by atoms with Crippen molar-refractivity contribution in [3.05, 3.63) is 62.1 Å². The molecule has 2 aromatic carbocycles. The van der Waals surface area contributed by atoms with E-state index in [0.29, 0.717) is 11.4 Å². The predicted octanol–water partition coefficient (Wildman–Crippen LogP) is 3.99. The molecule has 0 atom stereocenters. The highest BCUT2D eigenvalue weighted by molar-refractivity contribution is 9.10. The largest absolute Gasteiger partial charge is 0.483 e. The van der Waals surface area contributed by atoms with Gasteiger partial charge in [-0.2, -0.15) is 0 Å². The Morgan fingerprint density at radius 2 is 1.96 bits per heavy atom. The Labute approximate surface area is 141 Å². The first kappa shape index (κ1) is 17.0. The Balaban J connectivity index is 2.02. The number of hydrogen-bond acceptors (Lipinski definition) is 4. The van der Waals surface area contributed by atoms with Crippen LogP contribution >= 0.6 is 15.9 Å². The van der Waals surface area contributed by atoms with Gasteiger partial charge in [-0.3, -0.25) is 14.9 Å². The van der Waals surface area contributed by atoms with Crippen LogP contribution in [0.15, 0.2) is 40.9 Å². The van der Waals surface area contributed by atoms with Crippen LogP contribution in [0.2, 0.25) is 0 Å². The first-order valence-electron chi connectivity index (χ1n) is 6.80. The number of ether oxygens (including phenoxy) is 1. The van der Waals surface area contributed by atoms with Gasteiger partial charge in [0.15, 0.2) is 6.61 Å². The number of anilines is 1. The second-order valence-electron chi connectivity index (χ2n) is 5.00. The van der Waals surface area contributed by atoms with Gasteiger partial charge in [-0.05, 0) is 43.2 Å². The van der Waals surface area contributed by atoms with Crippen LogP contribution in [0.4, 0.5) is 11.4 Å². The third kappa shape index (κ3) is 4.53. The molecule has 6 nitrogen and oxygen atoms in total. The van der Waals surface area contributed by atoms with Crippen molar-refractivity contribution in [3.8, 4) is 5.75 Å². The minimum Gasteiger partial charge on any atom is -0.483 e. The molecule has 0 aliphatic heterocycles. The van der Waals surface area contributed by atoms with E-state index in [9.17, 15) is 14.9 Å². The molecular weight excluding hydrogens is 364 g/mol. The molecule has 0 fully saturated rings. The van der Waals surface area contributed by atoms with Crippen molar-refractivity contribution in [2.24, 2.45) is 0 Å². The van der Waals surface area contributed by atoms with Gasteiger partial charge in [0.2, 0.25) is 0 Å². The molecule has 0 saturated heterocycles. The second-order valence-corrected chi connectivity index (χ2v) is 5.92. The van der Waals surface area contributed by atoms with Gasteiger partial charge in [-0.25, -0.2) is 0 Å². The quantitative estimate of drug-likeness (QED) is 0.629. The van der Waals surface area contributed by atoms with E-state index in [4.69, 9.17) is 4.74 Å². The average molecular weight is 379 g/mol. The van der Waals surface area contributed by atoms with Crippen LogP contribution in [0.3, 0.4) is 0 Å². The normalized spacial score (nSPS) is 10.2. The number of non-ortho nitro benzene ring substituents is 1. The van der Waals surface area contributed by atoms with Crippen LogP contribution in [0, 0.1) is 24.0 Å². The van der Waals surface area contributed by atoms with Crippen molar-refractivity contribution in [2.45, 2.75) is 13.8 Å². The Bertz CT molecular complexity index is 762. The van der Waals surface area contributed by atoms with Crippen molar-refractivity contribution < 1.29 is 14.5 Å². The lowest BCUT2D eigenvalue weighted by molar-refractivity contribution is -0.384. The number of halogens is 1. The van der Waals surface area contributed by atoms with E-state index in [2.05, 4.69) is 21.2 Å². The molecule has 0 radical (unpaired) electrons. The first-order valence-corrected chi connectivity index (χ1v) is 7.60. The smallest absolute Gasteiger partial charge is 0.271 e. The summed E-state index contributed by atoms with van der Waals surface area (Å²) >= 11 is 3.36. The molecule has 0 saturated carbocycles. The first-order chi connectivity index (χ1) is 10.9. The van der Waals surface area contributed by atoms with Crippen LogP contribution in [0.1, 0.15) is 11.1 Å². The SMILES string of the molecule is Cc1ccc([N+](=O)[O-])cc1NC(=O)COc1ccc(Br)cc1C. The van der Waals surface area contributed by atoms with Gasteiger partial charge < -0.3 is 10.1 Å². The maximum absolute atomic E-state index is 12.0. The monoisotopic (exact) mass is 378 g/mol. The van der Waals surface area contributed by atoms with Crippen LogP contribution < -0.4 is 10.1 Å². The van der Waals surface area contributed by atoms with E-state index in [0.717, 1.165) is 15.6 Å². The molecule has 0 aromatic heterocycles. The fourth-order valence-corrected chi connectivity index (χ4v) is 2.44. The number of nitrogens with one attached hydrogen (secondary N) is 1. The molecule has 0 aliphatic carbocycles. The van der Waals surface area contributed by atoms with Crippen molar-refractivity contribution in [3.63, 3.8) is 0 Å². The van der Waals surface area contributed by atoms with E-state index in [1.54, 1.807) is 19.1 Å². The van der Waals surface area contributed by atoms with Crippen LogP contribution in [-0.2, 0) is 4.79 Å². The highest BCUT2D eigenvalue weighted by Gasteiger charge is 2.12. The number of amides is 1. The molecule has 7 heteroatoms. The number of rotatable bonds is 5. The molecule has 0 spiro atoms. The molecule has 2 rings (SSSR count). The third-order valence-electron chi connectivity index (χ3n) is 3.20. The summed E-state index contributed by atoms with van der Waals surface area (Å²) in [5.74, 6) is 0.232. The zero-order valence-electron chi connectivity index (χ0n) is 12.6. The molecule has 23 heavy (non-hydrogen) atoms. The lowest BCUT2D eigenvalue weighted by Crippen LogP contribution is -2.21. The molecule has 1 N–H and O–H groups in total. The average Bonchev–Trinajstić information content (AvgIpc) is 2.48. The molecule has 2 aromatic rings. The van der Waals surface area contributed by atoms with Crippen molar-refractivity contribution >= 4 is 33.2 Å². The summed E-state index contributed by atoms with van der Waals surface area (Å²) in [6.07, 6.45) is 0. The van der Waals surface area contributed by atoms with Gasteiger partial charge in [0.25, 0.3) is 11.6 Å². The van der Waals surface area contributed by atoms with Gasteiger partial charge in [-0.15, -0.1) is 0 Å². The summed E-state index contributed by atoms with van der Waals surface area (Å²) in [7, 11) is 0. The van der Waals surface area contributed by atoms with E-state index in [1.807, 2.05) is 19.1 Å². The molecule has 0 aliphatic rings. The van der Waals surface area contributed by atoms with Crippen molar-refractivity contribution in [1.82, 2.24) is 0 Å². The van der Waals surface area contributed by atoms with Crippen LogP contribution in [-0.4, -0.2) is 17.4 Å². The lowest BCUT2D eigenvalue weighted by Gasteiger charge is -2.11. The fraction of sp³-hybridized carbons (Fsp3) is 0.188. The topological polar surface area (TPSA) is 81.5 Å². The van der Waals surface area contributed by atoms with Gasteiger partial charge in [-0.1, -0.05) is 22.0 Å². The van der Waals surface area contributed by atoms with Gasteiger partial charge >= 0.3 is 0 Å². The molecule has 120 valence electrons. The second kappa shape index (κ2) is 7.23. The number of carbonyl (C=O) groups excluding carboxylic acids is 1. The van der Waals surface area contributed by atoms with E-state index in [1.165, 1.54) is 12.1 Å². The summed E-state index contributed by atoms with van der Waals surface area (Å²) < 4.78 is 6.41. The highest BCUT2D eigenvalue weighted by atomic mass is 79.9. The zero-order chi connectivity index (χ0) is 17.0. The molecule has 0 bridgehead atoms. The Morgan fingerprint density at radius 1 is 1.22 bits per heavy atom. The maximum atomic E-state index is 12.0. The fourth-order valence-electron chi connectivity index (χ4n) is 1.96. The predicted molar refractivity (Wildman–Crippen MR) is 90.8 cm³/mol. The summed E-state index contributed by atoms with van der Waals surface area (Å²) in [6, 6.07) is 9.80. The summed E-state index contributed by atoms with van der Waals surface area (Å²) in [6.45, 7) is 3.46. The Hall–Kier alpha value is -2.41. The van der Waals surface area contributed by atoms with E-state index in [-0.39, 0.29) is 18.2 Å². The Morgan fingerprint density at radius 3 is 2.61 bits per heavy atom. The number of benzene rings is 2. The van der Waals surface area contributed by atoms with Crippen molar-refractivity contribution in [2.75, 3.05) is 11.9 Å². The van der Waals surface area contributed by atoms with E-state index >= 15 is 0 Å². The van der Waals surface area contributed by atoms with Crippen molar-refractivity contribution in [1.29, 1.82) is 0 Å². The van der Waals surface area contributed by atoms with Gasteiger partial charge in [0.1, 0.15) is 5.75 Å². The molecule has 0 unspecified atom stereocenters. The minimum atomic E-state index is -0.503. The number of carbonyl (C=O) groups is 1. The number of aryl methyl sites for hydroxylation is 2. The number of nitro groups is 1. The van der Waals surface area contributed by atoms with E-state index < -0.39 is 4.92 Å². The van der Waals surface area contributed by atoms with Crippen LogP contribution in [0.25, 0.3) is 0 Å². The molecular formula is C16H15BrN2O4. The summed E-state index contributed by atoms with van der Waals surface area (Å²) in [5.41, 5.74) is 1.97. The van der Waals surface area contributed by atoms with Gasteiger partial charge in [0, 0.05) is 16.6 Å². The maximum Gasteiger partial charge on any atom is 0.271 e. The lowest BCUT2D eigenvalue weighted by atomic mass is 10.2. The Kier molecular flexibility index (Phi) is 5.33. The summed E-state index contributed by atoms with van der Waals surface area (Å²) in [5, 5.41) is 13.4. The van der Waals surface area contributed by atoms with Gasteiger partial charge in [0.05, 0.1) is 10.6 Å². The zero-order valence-corrected chi connectivity index (χ0v) is 14.2. The number of nitro benzene ring substituents is 1. The third-order valence-corrected chi connectivity index (χ3v) is 3.70. The molecule has 1 amide bonds. The molecule has 0 heterocycles.